The number of rotatable bonds is 3. The summed E-state index contributed by atoms with van der Waals surface area (Å²) in [6, 6.07) is 13.4. The maximum atomic E-state index is 4.35. The van der Waals surface area contributed by atoms with E-state index in [1.54, 1.807) is 0 Å². The second-order valence-corrected chi connectivity index (χ2v) is 5.89. The minimum absolute atomic E-state index is 0. The van der Waals surface area contributed by atoms with E-state index in [0.29, 0.717) is 6.04 Å². The van der Waals surface area contributed by atoms with Crippen LogP contribution in [-0.4, -0.2) is 23.6 Å². The first-order valence-electron chi connectivity index (χ1n) is 7.90. The van der Waals surface area contributed by atoms with Crippen LogP contribution < -0.4 is 10.6 Å². The average Bonchev–Trinajstić information content (AvgIpc) is 2.96. The van der Waals surface area contributed by atoms with Gasteiger partial charge in [-0.3, -0.25) is 4.99 Å². The van der Waals surface area contributed by atoms with Crippen molar-refractivity contribution >= 4 is 29.9 Å². The SMILES string of the molecule is CN=C(NCc1cccn1C)NC1CCc2ccccc2C1.I. The lowest BCUT2D eigenvalue weighted by atomic mass is 9.88. The summed E-state index contributed by atoms with van der Waals surface area (Å²) in [4.78, 5) is 4.35. The molecule has 2 aromatic rings. The van der Waals surface area contributed by atoms with Gasteiger partial charge in [0.15, 0.2) is 5.96 Å². The maximum absolute atomic E-state index is 4.35. The average molecular weight is 424 g/mol. The number of hydrogen-bond acceptors (Lipinski definition) is 1. The number of nitrogens with one attached hydrogen (secondary N) is 2. The first kappa shape index (κ1) is 17.8. The first-order chi connectivity index (χ1) is 10.8. The third-order valence-electron chi connectivity index (χ3n) is 4.40. The number of aryl methyl sites for hydroxylation is 2. The van der Waals surface area contributed by atoms with Gasteiger partial charge in [-0.15, -0.1) is 24.0 Å². The Labute approximate surface area is 155 Å². The molecule has 2 N–H and O–H groups in total. The summed E-state index contributed by atoms with van der Waals surface area (Å²) in [7, 11) is 3.89. The van der Waals surface area contributed by atoms with Crippen LogP contribution >= 0.6 is 24.0 Å². The molecule has 0 saturated carbocycles. The third-order valence-corrected chi connectivity index (χ3v) is 4.40. The Bertz CT molecular complexity index is 663. The lowest BCUT2D eigenvalue weighted by Crippen LogP contribution is -2.45. The molecule has 1 aliphatic carbocycles. The van der Waals surface area contributed by atoms with Gasteiger partial charge >= 0.3 is 0 Å². The molecule has 23 heavy (non-hydrogen) atoms. The molecule has 0 radical (unpaired) electrons. The zero-order chi connectivity index (χ0) is 15.4. The molecule has 1 aromatic carbocycles. The Hall–Kier alpha value is -1.50. The zero-order valence-electron chi connectivity index (χ0n) is 13.7. The van der Waals surface area contributed by atoms with Crippen LogP contribution in [0.3, 0.4) is 0 Å². The number of halogens is 1. The van der Waals surface area contributed by atoms with Crippen molar-refractivity contribution in [1.82, 2.24) is 15.2 Å². The molecule has 0 bridgehead atoms. The second kappa shape index (κ2) is 8.38. The molecule has 1 heterocycles. The molecule has 1 unspecified atom stereocenters. The Balaban J connectivity index is 0.00000192. The number of guanidine groups is 1. The van der Waals surface area contributed by atoms with Crippen molar-refractivity contribution in [1.29, 1.82) is 0 Å². The van der Waals surface area contributed by atoms with E-state index in [-0.39, 0.29) is 24.0 Å². The van der Waals surface area contributed by atoms with Gasteiger partial charge in [0.2, 0.25) is 0 Å². The van der Waals surface area contributed by atoms with Crippen molar-refractivity contribution in [3.8, 4) is 0 Å². The zero-order valence-corrected chi connectivity index (χ0v) is 16.1. The molecule has 5 heteroatoms. The van der Waals surface area contributed by atoms with Crippen LogP contribution in [0.15, 0.2) is 47.6 Å². The third kappa shape index (κ3) is 4.50. The fraction of sp³-hybridized carbons (Fsp3) is 0.389. The summed E-state index contributed by atoms with van der Waals surface area (Å²) < 4.78 is 2.12. The van der Waals surface area contributed by atoms with E-state index in [2.05, 4.69) is 69.8 Å². The summed E-state index contributed by atoms with van der Waals surface area (Å²) in [6.07, 6.45) is 5.43. The van der Waals surface area contributed by atoms with Crippen LogP contribution in [0.2, 0.25) is 0 Å². The van der Waals surface area contributed by atoms with Gasteiger partial charge in [-0.1, -0.05) is 24.3 Å². The van der Waals surface area contributed by atoms with Crippen molar-refractivity contribution < 1.29 is 0 Å². The second-order valence-electron chi connectivity index (χ2n) is 5.89. The van der Waals surface area contributed by atoms with Crippen molar-refractivity contribution in [2.75, 3.05) is 7.05 Å². The Kier molecular flexibility index (Phi) is 6.50. The topological polar surface area (TPSA) is 41.4 Å². The van der Waals surface area contributed by atoms with Gasteiger partial charge in [0.25, 0.3) is 0 Å². The van der Waals surface area contributed by atoms with Crippen LogP contribution in [0.4, 0.5) is 0 Å². The number of aromatic nitrogens is 1. The summed E-state index contributed by atoms with van der Waals surface area (Å²) >= 11 is 0. The largest absolute Gasteiger partial charge is 0.353 e. The fourth-order valence-electron chi connectivity index (χ4n) is 3.06. The van der Waals surface area contributed by atoms with E-state index in [9.17, 15) is 0 Å². The molecule has 3 rings (SSSR count). The van der Waals surface area contributed by atoms with E-state index in [1.807, 2.05) is 7.05 Å². The molecule has 1 aromatic heterocycles. The molecular formula is C18H25IN4. The minimum Gasteiger partial charge on any atom is -0.353 e. The molecule has 124 valence electrons. The van der Waals surface area contributed by atoms with Gasteiger partial charge in [0.05, 0.1) is 6.54 Å². The first-order valence-corrected chi connectivity index (χ1v) is 7.90. The van der Waals surface area contributed by atoms with Crippen molar-refractivity contribution in [2.24, 2.45) is 12.0 Å². The highest BCUT2D eigenvalue weighted by Gasteiger charge is 2.18. The van der Waals surface area contributed by atoms with E-state index < -0.39 is 0 Å². The van der Waals surface area contributed by atoms with Crippen molar-refractivity contribution in [3.05, 3.63) is 59.4 Å². The Morgan fingerprint density at radius 2 is 2.00 bits per heavy atom. The van der Waals surface area contributed by atoms with Gasteiger partial charge < -0.3 is 15.2 Å². The van der Waals surface area contributed by atoms with Crippen molar-refractivity contribution in [3.63, 3.8) is 0 Å². The Morgan fingerprint density at radius 1 is 1.22 bits per heavy atom. The van der Waals surface area contributed by atoms with E-state index >= 15 is 0 Å². The molecule has 0 fully saturated rings. The maximum Gasteiger partial charge on any atom is 0.191 e. The Morgan fingerprint density at radius 3 is 2.70 bits per heavy atom. The standard InChI is InChI=1S/C18H24N4.HI/c1-19-18(20-13-17-8-5-11-22(17)2)21-16-10-9-14-6-3-4-7-15(14)12-16;/h3-8,11,16H,9-10,12-13H2,1-2H3,(H2,19,20,21);1H. The summed E-state index contributed by atoms with van der Waals surface area (Å²) in [5.74, 6) is 0.880. The molecule has 0 spiro atoms. The number of fused-ring (bicyclic) bond motifs is 1. The van der Waals surface area contributed by atoms with Gasteiger partial charge in [-0.05, 0) is 42.5 Å². The normalized spacial score (nSPS) is 17.1. The number of nitrogens with zero attached hydrogens (tertiary/aromatic N) is 2. The summed E-state index contributed by atoms with van der Waals surface area (Å²) in [5.41, 5.74) is 4.20. The molecule has 0 aliphatic heterocycles. The molecule has 1 atom stereocenters. The monoisotopic (exact) mass is 424 g/mol. The quantitative estimate of drug-likeness (QED) is 0.452. The molecule has 0 amide bonds. The smallest absolute Gasteiger partial charge is 0.191 e. The molecular weight excluding hydrogens is 399 g/mol. The lowest BCUT2D eigenvalue weighted by molar-refractivity contribution is 0.520. The van der Waals surface area contributed by atoms with E-state index in [4.69, 9.17) is 0 Å². The predicted molar refractivity (Wildman–Crippen MR) is 106 cm³/mol. The molecule has 1 aliphatic rings. The number of aliphatic imine (C=N–C) groups is 1. The van der Waals surface area contributed by atoms with Crippen LogP contribution in [0.5, 0.6) is 0 Å². The van der Waals surface area contributed by atoms with Crippen LogP contribution in [-0.2, 0) is 26.4 Å². The van der Waals surface area contributed by atoms with Crippen molar-refractivity contribution in [2.45, 2.75) is 31.8 Å². The minimum atomic E-state index is 0. The van der Waals surface area contributed by atoms with Gasteiger partial charge in [0, 0.05) is 32.0 Å². The van der Waals surface area contributed by atoms with Crippen LogP contribution in [0, 0.1) is 0 Å². The van der Waals surface area contributed by atoms with Gasteiger partial charge in [-0.2, -0.15) is 0 Å². The van der Waals surface area contributed by atoms with Gasteiger partial charge in [0.1, 0.15) is 0 Å². The highest BCUT2D eigenvalue weighted by Crippen LogP contribution is 2.20. The fourth-order valence-corrected chi connectivity index (χ4v) is 3.06. The van der Waals surface area contributed by atoms with Gasteiger partial charge in [-0.25, -0.2) is 0 Å². The molecule has 4 nitrogen and oxygen atoms in total. The lowest BCUT2D eigenvalue weighted by Gasteiger charge is -2.27. The van der Waals surface area contributed by atoms with Crippen LogP contribution in [0.25, 0.3) is 0 Å². The molecule has 0 saturated heterocycles. The van der Waals surface area contributed by atoms with Crippen LogP contribution in [0.1, 0.15) is 23.2 Å². The number of hydrogen-bond donors (Lipinski definition) is 2. The predicted octanol–water partition coefficient (Wildman–Crippen LogP) is 2.87. The van der Waals surface area contributed by atoms with E-state index in [0.717, 1.165) is 31.8 Å². The highest BCUT2D eigenvalue weighted by atomic mass is 127. The summed E-state index contributed by atoms with van der Waals surface area (Å²) in [6.45, 7) is 0.784. The number of benzene rings is 1. The summed E-state index contributed by atoms with van der Waals surface area (Å²) in [5, 5.41) is 6.96. The van der Waals surface area contributed by atoms with E-state index in [1.165, 1.54) is 16.8 Å². The highest BCUT2D eigenvalue weighted by molar-refractivity contribution is 14.0.